The van der Waals surface area contributed by atoms with Gasteiger partial charge in [-0.15, -0.1) is 24.0 Å². The Morgan fingerprint density at radius 3 is 2.46 bits per heavy atom. The fourth-order valence-corrected chi connectivity index (χ4v) is 4.24. The van der Waals surface area contributed by atoms with E-state index in [-0.39, 0.29) is 24.0 Å². The second-order valence-electron chi connectivity index (χ2n) is 8.07. The molecule has 1 heterocycles. The minimum absolute atomic E-state index is 0. The largest absolute Gasteiger partial charge is 0.379 e. The maximum Gasteiger partial charge on any atom is 0.191 e. The molecule has 1 unspecified atom stereocenters. The first kappa shape index (κ1) is 23.4. The quantitative estimate of drug-likeness (QED) is 0.357. The lowest BCUT2D eigenvalue weighted by molar-refractivity contribution is 0.0320. The molecule has 1 aromatic carbocycles. The molecule has 6 heteroatoms. The van der Waals surface area contributed by atoms with E-state index in [2.05, 4.69) is 57.8 Å². The molecule has 1 atom stereocenters. The Morgan fingerprint density at radius 2 is 1.82 bits per heavy atom. The highest BCUT2D eigenvalue weighted by atomic mass is 127. The molecule has 1 aliphatic heterocycles. The third-order valence-electron chi connectivity index (χ3n) is 5.85. The van der Waals surface area contributed by atoms with Crippen LogP contribution in [0.1, 0.15) is 44.1 Å². The van der Waals surface area contributed by atoms with Gasteiger partial charge in [0.1, 0.15) is 0 Å². The SMILES string of the molecule is CN=C(NCC(C)CN1CCOCC1)NC1CCC(c2ccccc2)CC1.I. The molecule has 2 aliphatic rings. The number of aliphatic imine (C=N–C) groups is 1. The zero-order chi connectivity index (χ0) is 18.9. The first-order valence-electron chi connectivity index (χ1n) is 10.6. The fourth-order valence-electron chi connectivity index (χ4n) is 4.24. The van der Waals surface area contributed by atoms with E-state index in [4.69, 9.17) is 4.74 Å². The van der Waals surface area contributed by atoms with E-state index in [1.807, 2.05) is 7.05 Å². The van der Waals surface area contributed by atoms with Crippen molar-refractivity contribution in [2.45, 2.75) is 44.6 Å². The van der Waals surface area contributed by atoms with Crippen LogP contribution in [-0.2, 0) is 4.74 Å². The third kappa shape index (κ3) is 7.52. The summed E-state index contributed by atoms with van der Waals surface area (Å²) in [6, 6.07) is 11.5. The van der Waals surface area contributed by atoms with Gasteiger partial charge in [-0.3, -0.25) is 9.89 Å². The van der Waals surface area contributed by atoms with E-state index in [1.54, 1.807) is 0 Å². The zero-order valence-corrected chi connectivity index (χ0v) is 19.7. The average molecular weight is 500 g/mol. The van der Waals surface area contributed by atoms with Crippen molar-refractivity contribution in [2.75, 3.05) is 46.4 Å². The Bertz CT molecular complexity index is 569. The summed E-state index contributed by atoms with van der Waals surface area (Å²) < 4.78 is 5.43. The number of hydrogen-bond acceptors (Lipinski definition) is 3. The van der Waals surface area contributed by atoms with Crippen LogP contribution in [0.3, 0.4) is 0 Å². The second kappa shape index (κ2) is 12.6. The molecule has 1 saturated heterocycles. The smallest absolute Gasteiger partial charge is 0.191 e. The molecule has 2 fully saturated rings. The van der Waals surface area contributed by atoms with Crippen LogP contribution in [0, 0.1) is 5.92 Å². The number of ether oxygens (including phenoxy) is 1. The van der Waals surface area contributed by atoms with Gasteiger partial charge in [-0.1, -0.05) is 37.3 Å². The molecule has 1 saturated carbocycles. The Labute approximate surface area is 187 Å². The van der Waals surface area contributed by atoms with Gasteiger partial charge in [0.2, 0.25) is 0 Å². The number of rotatable bonds is 6. The van der Waals surface area contributed by atoms with E-state index in [0.717, 1.165) is 45.4 Å². The van der Waals surface area contributed by atoms with Gasteiger partial charge in [-0.25, -0.2) is 0 Å². The van der Waals surface area contributed by atoms with Crippen molar-refractivity contribution in [1.29, 1.82) is 0 Å². The minimum atomic E-state index is 0. The molecule has 1 aliphatic carbocycles. The van der Waals surface area contributed by atoms with Crippen LogP contribution in [0.2, 0.25) is 0 Å². The van der Waals surface area contributed by atoms with Crippen molar-refractivity contribution in [3.05, 3.63) is 35.9 Å². The van der Waals surface area contributed by atoms with Gasteiger partial charge >= 0.3 is 0 Å². The third-order valence-corrected chi connectivity index (χ3v) is 5.85. The van der Waals surface area contributed by atoms with Crippen molar-refractivity contribution < 1.29 is 4.74 Å². The Morgan fingerprint density at radius 1 is 1.14 bits per heavy atom. The molecule has 0 bridgehead atoms. The zero-order valence-electron chi connectivity index (χ0n) is 17.4. The highest BCUT2D eigenvalue weighted by Gasteiger charge is 2.23. The number of guanidine groups is 1. The van der Waals surface area contributed by atoms with Crippen LogP contribution in [0.5, 0.6) is 0 Å². The van der Waals surface area contributed by atoms with E-state index in [0.29, 0.717) is 17.9 Å². The van der Waals surface area contributed by atoms with Gasteiger partial charge in [0.15, 0.2) is 5.96 Å². The first-order chi connectivity index (χ1) is 13.2. The molecule has 0 spiro atoms. The molecule has 3 rings (SSSR count). The van der Waals surface area contributed by atoms with Crippen molar-refractivity contribution in [3.63, 3.8) is 0 Å². The number of nitrogens with zero attached hydrogens (tertiary/aromatic N) is 2. The Balaban J connectivity index is 0.00000280. The van der Waals surface area contributed by atoms with Crippen LogP contribution in [0.25, 0.3) is 0 Å². The highest BCUT2D eigenvalue weighted by molar-refractivity contribution is 14.0. The van der Waals surface area contributed by atoms with E-state index in [9.17, 15) is 0 Å². The molecule has 0 amide bonds. The summed E-state index contributed by atoms with van der Waals surface area (Å²) in [6.07, 6.45) is 4.94. The highest BCUT2D eigenvalue weighted by Crippen LogP contribution is 2.32. The second-order valence-corrected chi connectivity index (χ2v) is 8.07. The van der Waals surface area contributed by atoms with Crippen molar-refractivity contribution in [3.8, 4) is 0 Å². The molecular weight excluding hydrogens is 463 g/mol. The van der Waals surface area contributed by atoms with Gasteiger partial charge in [0, 0.05) is 39.3 Å². The molecule has 28 heavy (non-hydrogen) atoms. The van der Waals surface area contributed by atoms with Crippen molar-refractivity contribution in [2.24, 2.45) is 10.9 Å². The molecule has 0 aromatic heterocycles. The van der Waals surface area contributed by atoms with Gasteiger partial charge in [-0.2, -0.15) is 0 Å². The van der Waals surface area contributed by atoms with Crippen LogP contribution in [0.15, 0.2) is 35.3 Å². The lowest BCUT2D eigenvalue weighted by atomic mass is 9.82. The molecular formula is C22H37IN4O. The summed E-state index contributed by atoms with van der Waals surface area (Å²) in [5.74, 6) is 2.26. The van der Waals surface area contributed by atoms with Crippen LogP contribution >= 0.6 is 24.0 Å². The molecule has 0 radical (unpaired) electrons. The van der Waals surface area contributed by atoms with Crippen molar-refractivity contribution in [1.82, 2.24) is 15.5 Å². The summed E-state index contributed by atoms with van der Waals surface area (Å²) in [7, 11) is 1.87. The fraction of sp³-hybridized carbons (Fsp3) is 0.682. The first-order valence-corrected chi connectivity index (χ1v) is 10.6. The summed E-state index contributed by atoms with van der Waals surface area (Å²) in [4.78, 5) is 6.94. The van der Waals surface area contributed by atoms with Crippen LogP contribution < -0.4 is 10.6 Å². The average Bonchev–Trinajstić information content (AvgIpc) is 2.73. The lowest BCUT2D eigenvalue weighted by Crippen LogP contribution is -2.47. The summed E-state index contributed by atoms with van der Waals surface area (Å²) in [6.45, 7) is 8.24. The van der Waals surface area contributed by atoms with Crippen LogP contribution in [-0.4, -0.2) is 63.3 Å². The Kier molecular flexibility index (Phi) is 10.6. The summed E-state index contributed by atoms with van der Waals surface area (Å²) in [5.41, 5.74) is 1.50. The number of hydrogen-bond donors (Lipinski definition) is 2. The topological polar surface area (TPSA) is 48.9 Å². The predicted molar refractivity (Wildman–Crippen MR) is 128 cm³/mol. The summed E-state index contributed by atoms with van der Waals surface area (Å²) in [5, 5.41) is 7.17. The number of halogens is 1. The number of morpholine rings is 1. The van der Waals surface area contributed by atoms with Gasteiger partial charge < -0.3 is 15.4 Å². The summed E-state index contributed by atoms with van der Waals surface area (Å²) >= 11 is 0. The van der Waals surface area contributed by atoms with Crippen LogP contribution in [0.4, 0.5) is 0 Å². The number of benzene rings is 1. The molecule has 1 aromatic rings. The molecule has 5 nitrogen and oxygen atoms in total. The number of nitrogens with one attached hydrogen (secondary N) is 2. The molecule has 2 N–H and O–H groups in total. The van der Waals surface area contributed by atoms with Gasteiger partial charge in [0.25, 0.3) is 0 Å². The Hall–Kier alpha value is -0.860. The normalized spacial score (nSPS) is 24.9. The van der Waals surface area contributed by atoms with Gasteiger partial charge in [0.05, 0.1) is 13.2 Å². The monoisotopic (exact) mass is 500 g/mol. The van der Waals surface area contributed by atoms with Gasteiger partial charge in [-0.05, 0) is 43.1 Å². The maximum atomic E-state index is 5.43. The standard InChI is InChI=1S/C22H36N4O.HI/c1-18(17-26-12-14-27-15-13-26)16-24-22(23-2)25-21-10-8-20(9-11-21)19-6-4-3-5-7-19;/h3-7,18,20-21H,8-17H2,1-2H3,(H2,23,24,25);1H. The van der Waals surface area contributed by atoms with Crippen molar-refractivity contribution >= 4 is 29.9 Å². The molecule has 158 valence electrons. The lowest BCUT2D eigenvalue weighted by Gasteiger charge is -2.31. The minimum Gasteiger partial charge on any atom is -0.379 e. The predicted octanol–water partition coefficient (Wildman–Crippen LogP) is 3.46. The maximum absolute atomic E-state index is 5.43. The van der Waals surface area contributed by atoms with E-state index in [1.165, 1.54) is 31.2 Å². The van der Waals surface area contributed by atoms with E-state index < -0.39 is 0 Å². The van der Waals surface area contributed by atoms with E-state index >= 15 is 0 Å².